The molecule has 0 aliphatic carbocycles. The van der Waals surface area contributed by atoms with Gasteiger partial charge in [-0.1, -0.05) is 0 Å². The SMILES string of the molecule is Cc1ccsc1CN1CCC2(CC1)OCCC[C@H]2O. The molecule has 3 heterocycles. The van der Waals surface area contributed by atoms with Crippen molar-refractivity contribution in [2.75, 3.05) is 19.7 Å². The molecule has 19 heavy (non-hydrogen) atoms. The minimum absolute atomic E-state index is 0.237. The zero-order chi connectivity index (χ0) is 13.3. The van der Waals surface area contributed by atoms with E-state index in [1.54, 1.807) is 0 Å². The lowest BCUT2D eigenvalue weighted by Gasteiger charge is -2.46. The van der Waals surface area contributed by atoms with Crippen LogP contribution in [-0.2, 0) is 11.3 Å². The van der Waals surface area contributed by atoms with Gasteiger partial charge >= 0.3 is 0 Å². The Morgan fingerprint density at radius 1 is 1.47 bits per heavy atom. The molecule has 2 aliphatic rings. The van der Waals surface area contributed by atoms with Gasteiger partial charge in [0, 0.05) is 31.1 Å². The molecule has 0 amide bonds. The number of piperidine rings is 1. The lowest BCUT2D eigenvalue weighted by atomic mass is 9.82. The lowest BCUT2D eigenvalue weighted by molar-refractivity contribution is -0.177. The fourth-order valence-corrected chi connectivity index (χ4v) is 4.20. The van der Waals surface area contributed by atoms with E-state index < -0.39 is 0 Å². The average Bonchev–Trinajstić information content (AvgIpc) is 2.82. The molecule has 1 aromatic heterocycles. The van der Waals surface area contributed by atoms with Gasteiger partial charge in [0.25, 0.3) is 0 Å². The average molecular weight is 281 g/mol. The summed E-state index contributed by atoms with van der Waals surface area (Å²) in [5.74, 6) is 0. The molecule has 1 aromatic rings. The number of aliphatic hydroxyl groups excluding tert-OH is 1. The number of aliphatic hydroxyl groups is 1. The highest BCUT2D eigenvalue weighted by atomic mass is 32.1. The molecule has 2 saturated heterocycles. The Hall–Kier alpha value is -0.420. The third-order valence-electron chi connectivity index (χ3n) is 4.66. The van der Waals surface area contributed by atoms with Crippen LogP contribution in [0.3, 0.4) is 0 Å². The van der Waals surface area contributed by atoms with E-state index in [-0.39, 0.29) is 11.7 Å². The van der Waals surface area contributed by atoms with Crippen LogP contribution < -0.4 is 0 Å². The highest BCUT2D eigenvalue weighted by molar-refractivity contribution is 7.10. The number of likely N-dealkylation sites (tertiary alicyclic amines) is 1. The van der Waals surface area contributed by atoms with Gasteiger partial charge in [0.05, 0.1) is 11.7 Å². The molecule has 0 radical (unpaired) electrons. The Morgan fingerprint density at radius 2 is 2.26 bits per heavy atom. The van der Waals surface area contributed by atoms with Gasteiger partial charge in [-0.3, -0.25) is 4.90 Å². The Bertz CT molecular complexity index is 424. The Labute approximate surface area is 119 Å². The molecule has 1 spiro atoms. The van der Waals surface area contributed by atoms with Crippen LogP contribution in [0, 0.1) is 6.92 Å². The standard InChI is InChI=1S/C15H23NO2S/c1-12-4-10-19-13(12)11-16-7-5-15(6-8-16)14(17)3-2-9-18-15/h4,10,14,17H,2-3,5-9,11H2,1H3/t14-/m1/s1. The van der Waals surface area contributed by atoms with Gasteiger partial charge in [-0.2, -0.15) is 0 Å². The van der Waals surface area contributed by atoms with E-state index in [1.807, 2.05) is 11.3 Å². The van der Waals surface area contributed by atoms with Crippen LogP contribution >= 0.6 is 11.3 Å². The van der Waals surface area contributed by atoms with E-state index in [1.165, 1.54) is 10.4 Å². The number of aryl methyl sites for hydroxylation is 1. The molecule has 0 aromatic carbocycles. The maximum absolute atomic E-state index is 10.2. The predicted molar refractivity (Wildman–Crippen MR) is 77.5 cm³/mol. The fraction of sp³-hybridized carbons (Fsp3) is 0.733. The maximum Gasteiger partial charge on any atom is 0.0964 e. The van der Waals surface area contributed by atoms with Crippen molar-refractivity contribution in [3.8, 4) is 0 Å². The number of rotatable bonds is 2. The summed E-state index contributed by atoms with van der Waals surface area (Å²) < 4.78 is 5.95. The van der Waals surface area contributed by atoms with Crippen molar-refractivity contribution < 1.29 is 9.84 Å². The van der Waals surface area contributed by atoms with Gasteiger partial charge in [-0.25, -0.2) is 0 Å². The number of hydrogen-bond donors (Lipinski definition) is 1. The van der Waals surface area contributed by atoms with Crippen molar-refractivity contribution >= 4 is 11.3 Å². The minimum Gasteiger partial charge on any atom is -0.390 e. The molecular weight excluding hydrogens is 258 g/mol. The summed E-state index contributed by atoms with van der Waals surface area (Å²) in [5.41, 5.74) is 1.17. The van der Waals surface area contributed by atoms with E-state index in [2.05, 4.69) is 23.3 Å². The summed E-state index contributed by atoms with van der Waals surface area (Å²) in [7, 11) is 0. The van der Waals surface area contributed by atoms with Crippen molar-refractivity contribution in [3.63, 3.8) is 0 Å². The van der Waals surface area contributed by atoms with Crippen molar-refractivity contribution in [1.82, 2.24) is 4.90 Å². The van der Waals surface area contributed by atoms with E-state index in [0.717, 1.165) is 51.9 Å². The Balaban J connectivity index is 1.58. The molecule has 1 atom stereocenters. The molecule has 4 heteroatoms. The second-order valence-electron chi connectivity index (χ2n) is 5.87. The molecule has 0 unspecified atom stereocenters. The summed E-state index contributed by atoms with van der Waals surface area (Å²) >= 11 is 1.85. The van der Waals surface area contributed by atoms with Crippen molar-refractivity contribution in [2.45, 2.75) is 50.9 Å². The zero-order valence-electron chi connectivity index (χ0n) is 11.6. The van der Waals surface area contributed by atoms with Crippen LogP contribution in [0.25, 0.3) is 0 Å². The van der Waals surface area contributed by atoms with E-state index >= 15 is 0 Å². The number of nitrogens with zero attached hydrogens (tertiary/aromatic N) is 1. The molecular formula is C15H23NO2S. The highest BCUT2D eigenvalue weighted by Gasteiger charge is 2.43. The first-order valence-corrected chi connectivity index (χ1v) is 8.15. The van der Waals surface area contributed by atoms with Crippen LogP contribution in [0.15, 0.2) is 11.4 Å². The second-order valence-corrected chi connectivity index (χ2v) is 6.87. The second kappa shape index (κ2) is 5.52. The van der Waals surface area contributed by atoms with Crippen LogP contribution in [0.1, 0.15) is 36.1 Å². The van der Waals surface area contributed by atoms with Gasteiger partial charge in [-0.15, -0.1) is 11.3 Å². The van der Waals surface area contributed by atoms with Gasteiger partial charge in [-0.05, 0) is 49.6 Å². The van der Waals surface area contributed by atoms with Gasteiger partial charge in [0.2, 0.25) is 0 Å². The number of ether oxygens (including phenoxy) is 1. The lowest BCUT2D eigenvalue weighted by Crippen LogP contribution is -2.55. The van der Waals surface area contributed by atoms with E-state index in [4.69, 9.17) is 4.74 Å². The van der Waals surface area contributed by atoms with Crippen molar-refractivity contribution in [1.29, 1.82) is 0 Å². The van der Waals surface area contributed by atoms with Crippen LogP contribution in [-0.4, -0.2) is 41.4 Å². The molecule has 3 rings (SSSR count). The Morgan fingerprint density at radius 3 is 2.89 bits per heavy atom. The third-order valence-corrected chi connectivity index (χ3v) is 5.66. The first-order chi connectivity index (χ1) is 9.20. The molecule has 2 aliphatic heterocycles. The molecule has 0 saturated carbocycles. The Kier molecular flexibility index (Phi) is 3.94. The largest absolute Gasteiger partial charge is 0.390 e. The van der Waals surface area contributed by atoms with Crippen LogP contribution in [0.2, 0.25) is 0 Å². The molecule has 1 N–H and O–H groups in total. The third kappa shape index (κ3) is 2.72. The van der Waals surface area contributed by atoms with Gasteiger partial charge in [0.1, 0.15) is 0 Å². The first-order valence-electron chi connectivity index (χ1n) is 7.27. The van der Waals surface area contributed by atoms with Crippen LogP contribution in [0.5, 0.6) is 0 Å². The topological polar surface area (TPSA) is 32.7 Å². The van der Waals surface area contributed by atoms with Crippen molar-refractivity contribution in [3.05, 3.63) is 21.9 Å². The molecule has 0 bridgehead atoms. The zero-order valence-corrected chi connectivity index (χ0v) is 12.4. The first kappa shape index (κ1) is 13.6. The smallest absolute Gasteiger partial charge is 0.0964 e. The van der Waals surface area contributed by atoms with Crippen molar-refractivity contribution in [2.24, 2.45) is 0 Å². The fourth-order valence-electron chi connectivity index (χ4n) is 3.25. The van der Waals surface area contributed by atoms with Gasteiger partial charge in [0.15, 0.2) is 0 Å². The number of hydrogen-bond acceptors (Lipinski definition) is 4. The summed E-state index contributed by atoms with van der Waals surface area (Å²) in [4.78, 5) is 3.97. The molecule has 3 nitrogen and oxygen atoms in total. The van der Waals surface area contributed by atoms with E-state index in [0.29, 0.717) is 0 Å². The minimum atomic E-state index is -0.258. The van der Waals surface area contributed by atoms with Gasteiger partial charge < -0.3 is 9.84 Å². The van der Waals surface area contributed by atoms with E-state index in [9.17, 15) is 5.11 Å². The summed E-state index contributed by atoms with van der Waals surface area (Å²) in [5, 5.41) is 12.4. The molecule has 2 fully saturated rings. The predicted octanol–water partition coefficient (Wildman–Crippen LogP) is 2.56. The maximum atomic E-state index is 10.2. The monoisotopic (exact) mass is 281 g/mol. The summed E-state index contributed by atoms with van der Waals surface area (Å²) in [6.45, 7) is 6.13. The molecule has 106 valence electrons. The normalized spacial score (nSPS) is 27.8. The summed E-state index contributed by atoms with van der Waals surface area (Å²) in [6.07, 6.45) is 3.59. The summed E-state index contributed by atoms with van der Waals surface area (Å²) in [6, 6.07) is 2.19. The quantitative estimate of drug-likeness (QED) is 0.904. The number of thiophene rings is 1. The highest BCUT2D eigenvalue weighted by Crippen LogP contribution is 2.35. The van der Waals surface area contributed by atoms with Crippen LogP contribution in [0.4, 0.5) is 0 Å².